The zero-order valence-corrected chi connectivity index (χ0v) is 19.4. The Morgan fingerprint density at radius 2 is 1.97 bits per heavy atom. The molecule has 1 atom stereocenters. The Morgan fingerprint density at radius 1 is 1.21 bits per heavy atom. The van der Waals surface area contributed by atoms with Crippen molar-refractivity contribution in [2.75, 3.05) is 30.4 Å². The maximum atomic E-state index is 14.9. The van der Waals surface area contributed by atoms with E-state index in [9.17, 15) is 18.4 Å². The smallest absolute Gasteiger partial charge is 0.254 e. The number of nitrogens with two attached hydrogens (primary N) is 1. The number of benzene rings is 2. The number of carbonyl (C=O) groups excluding carboxylic acids is 2. The highest BCUT2D eigenvalue weighted by molar-refractivity contribution is 7.99. The lowest BCUT2D eigenvalue weighted by atomic mass is 10.0. The summed E-state index contributed by atoms with van der Waals surface area (Å²) >= 11 is 7.01. The highest BCUT2D eigenvalue weighted by Gasteiger charge is 2.31. The van der Waals surface area contributed by atoms with E-state index in [1.165, 1.54) is 40.9 Å². The number of nitrogens with zero attached hydrogens (tertiary/aromatic N) is 1. The van der Waals surface area contributed by atoms with Crippen molar-refractivity contribution in [3.05, 3.63) is 58.1 Å². The van der Waals surface area contributed by atoms with Gasteiger partial charge in [0.15, 0.2) is 0 Å². The molecule has 2 aromatic rings. The van der Waals surface area contributed by atoms with Crippen LogP contribution >= 0.6 is 23.4 Å². The summed E-state index contributed by atoms with van der Waals surface area (Å²) in [6.07, 6.45) is 1.67. The van der Waals surface area contributed by atoms with E-state index in [4.69, 9.17) is 22.1 Å². The molecule has 0 unspecified atom stereocenters. The molecule has 3 N–H and O–H groups in total. The summed E-state index contributed by atoms with van der Waals surface area (Å²) in [4.78, 5) is 27.7. The van der Waals surface area contributed by atoms with Gasteiger partial charge < -0.3 is 20.7 Å². The summed E-state index contributed by atoms with van der Waals surface area (Å²) in [5.41, 5.74) is 6.73. The van der Waals surface area contributed by atoms with Gasteiger partial charge in [-0.2, -0.15) is 0 Å². The SMILES string of the molecule is N[C@H]1CSc2cc(F)c(C(=O)NCC3CCOCC3)cc2N(Cc2ccc(Cl)c(F)c2)C1=O. The molecule has 10 heteroatoms. The van der Waals surface area contributed by atoms with Gasteiger partial charge >= 0.3 is 0 Å². The fourth-order valence-corrected chi connectivity index (χ4v) is 5.00. The molecule has 0 spiro atoms. The maximum Gasteiger partial charge on any atom is 0.254 e. The van der Waals surface area contributed by atoms with Gasteiger partial charge in [0.1, 0.15) is 11.6 Å². The van der Waals surface area contributed by atoms with E-state index in [1.807, 2.05) is 0 Å². The molecule has 0 aromatic heterocycles. The molecule has 1 fully saturated rings. The second kappa shape index (κ2) is 10.4. The summed E-state index contributed by atoms with van der Waals surface area (Å²) < 4.78 is 34.2. The molecule has 6 nitrogen and oxygen atoms in total. The molecule has 176 valence electrons. The van der Waals surface area contributed by atoms with Crippen LogP contribution in [0, 0.1) is 17.6 Å². The Labute approximate surface area is 199 Å². The normalized spacial score (nSPS) is 19.2. The summed E-state index contributed by atoms with van der Waals surface area (Å²) in [6.45, 7) is 1.72. The van der Waals surface area contributed by atoms with Gasteiger partial charge in [0.2, 0.25) is 5.91 Å². The lowest BCUT2D eigenvalue weighted by Gasteiger charge is -2.25. The number of halogens is 3. The van der Waals surface area contributed by atoms with Crippen LogP contribution in [0.4, 0.5) is 14.5 Å². The van der Waals surface area contributed by atoms with Gasteiger partial charge in [0, 0.05) is 30.4 Å². The number of amides is 2. The number of carbonyl (C=O) groups is 2. The minimum atomic E-state index is -0.826. The third kappa shape index (κ3) is 5.48. The number of hydrogen-bond donors (Lipinski definition) is 2. The average molecular weight is 496 g/mol. The second-order valence-corrected chi connectivity index (χ2v) is 9.62. The molecule has 2 aliphatic heterocycles. The molecule has 0 radical (unpaired) electrons. The molecule has 2 aromatic carbocycles. The number of nitrogens with one attached hydrogen (secondary N) is 1. The molecule has 4 rings (SSSR count). The number of fused-ring (bicyclic) bond motifs is 1. The van der Waals surface area contributed by atoms with E-state index < -0.39 is 29.5 Å². The topological polar surface area (TPSA) is 84.7 Å². The van der Waals surface area contributed by atoms with E-state index in [-0.39, 0.29) is 28.8 Å². The first-order chi connectivity index (χ1) is 15.8. The van der Waals surface area contributed by atoms with Crippen LogP contribution in [0.1, 0.15) is 28.8 Å². The number of rotatable bonds is 5. The maximum absolute atomic E-state index is 14.9. The van der Waals surface area contributed by atoms with E-state index in [1.54, 1.807) is 6.07 Å². The van der Waals surface area contributed by atoms with E-state index >= 15 is 0 Å². The number of ether oxygens (including phenoxy) is 1. The Bertz CT molecular complexity index is 1070. The molecule has 33 heavy (non-hydrogen) atoms. The van der Waals surface area contributed by atoms with Crippen LogP contribution in [0.2, 0.25) is 5.02 Å². The van der Waals surface area contributed by atoms with Gasteiger partial charge in [-0.05, 0) is 48.6 Å². The fourth-order valence-electron chi connectivity index (χ4n) is 3.88. The Morgan fingerprint density at radius 3 is 2.70 bits per heavy atom. The molecule has 0 aliphatic carbocycles. The van der Waals surface area contributed by atoms with Crippen LogP contribution in [0.25, 0.3) is 0 Å². The molecule has 1 saturated heterocycles. The van der Waals surface area contributed by atoms with Crippen LogP contribution in [-0.4, -0.2) is 43.4 Å². The molecular formula is C23H24ClF2N3O3S. The van der Waals surface area contributed by atoms with E-state index in [2.05, 4.69) is 5.32 Å². The summed E-state index contributed by atoms with van der Waals surface area (Å²) in [5, 5.41) is 2.77. The minimum absolute atomic E-state index is 0.00292. The summed E-state index contributed by atoms with van der Waals surface area (Å²) in [7, 11) is 0. The predicted molar refractivity (Wildman–Crippen MR) is 124 cm³/mol. The third-order valence-electron chi connectivity index (χ3n) is 5.80. The van der Waals surface area contributed by atoms with Gasteiger partial charge in [0.05, 0.1) is 28.9 Å². The van der Waals surface area contributed by atoms with Gasteiger partial charge in [0.25, 0.3) is 5.91 Å². The Balaban J connectivity index is 1.62. The first-order valence-corrected chi connectivity index (χ1v) is 12.0. The zero-order valence-electron chi connectivity index (χ0n) is 17.8. The fraction of sp³-hybridized carbons (Fsp3) is 0.391. The van der Waals surface area contributed by atoms with Crippen LogP contribution in [0.15, 0.2) is 35.2 Å². The van der Waals surface area contributed by atoms with Gasteiger partial charge in [-0.25, -0.2) is 8.78 Å². The van der Waals surface area contributed by atoms with Crippen LogP contribution in [0.5, 0.6) is 0 Å². The third-order valence-corrected chi connectivity index (χ3v) is 7.27. The predicted octanol–water partition coefficient (Wildman–Crippen LogP) is 3.74. The van der Waals surface area contributed by atoms with Gasteiger partial charge in [-0.3, -0.25) is 9.59 Å². The quantitative estimate of drug-likeness (QED) is 0.660. The van der Waals surface area contributed by atoms with Crippen molar-refractivity contribution >= 4 is 40.9 Å². The van der Waals surface area contributed by atoms with E-state index in [0.29, 0.717) is 35.9 Å². The van der Waals surface area contributed by atoms with Gasteiger partial charge in [-0.15, -0.1) is 11.8 Å². The van der Waals surface area contributed by atoms with Crippen molar-refractivity contribution < 1.29 is 23.1 Å². The van der Waals surface area contributed by atoms with Crippen molar-refractivity contribution in [2.45, 2.75) is 30.3 Å². The number of hydrogen-bond acceptors (Lipinski definition) is 5. The molecule has 0 saturated carbocycles. The first-order valence-electron chi connectivity index (χ1n) is 10.7. The number of thioether (sulfide) groups is 1. The first kappa shape index (κ1) is 23.9. The highest BCUT2D eigenvalue weighted by Crippen LogP contribution is 2.37. The summed E-state index contributed by atoms with van der Waals surface area (Å²) in [6, 6.07) is 6.05. The van der Waals surface area contributed by atoms with Crippen LogP contribution in [0.3, 0.4) is 0 Å². The minimum Gasteiger partial charge on any atom is -0.381 e. The molecular weight excluding hydrogens is 472 g/mol. The number of anilines is 1. The lowest BCUT2D eigenvalue weighted by molar-refractivity contribution is -0.119. The standard InChI is InChI=1S/C23H24ClF2N3O3S/c24-16-2-1-14(7-18(16)26)11-29-20-8-15(22(30)28-10-13-3-5-32-6-4-13)17(25)9-21(20)33-12-19(27)23(29)31/h1-2,7-9,13,19H,3-6,10-12,27H2,(H,28,30)/t19-/m0/s1. The van der Waals surface area contributed by atoms with Crippen molar-refractivity contribution in [3.8, 4) is 0 Å². The molecule has 2 heterocycles. The summed E-state index contributed by atoms with van der Waals surface area (Å²) in [5.74, 6) is -1.69. The van der Waals surface area contributed by atoms with Gasteiger partial charge in [-0.1, -0.05) is 17.7 Å². The van der Waals surface area contributed by atoms with Crippen molar-refractivity contribution in [1.29, 1.82) is 0 Å². The van der Waals surface area contributed by atoms with Crippen LogP contribution in [-0.2, 0) is 16.1 Å². The van der Waals surface area contributed by atoms with E-state index in [0.717, 1.165) is 12.8 Å². The molecule has 0 bridgehead atoms. The molecule has 2 amide bonds. The Hall–Kier alpha value is -2.20. The molecule has 2 aliphatic rings. The van der Waals surface area contributed by atoms with Crippen molar-refractivity contribution in [2.24, 2.45) is 11.7 Å². The second-order valence-electron chi connectivity index (χ2n) is 8.16. The van der Waals surface area contributed by atoms with Crippen molar-refractivity contribution in [3.63, 3.8) is 0 Å². The Kier molecular flexibility index (Phi) is 7.53. The lowest BCUT2D eigenvalue weighted by Crippen LogP contribution is -2.44. The monoisotopic (exact) mass is 495 g/mol. The average Bonchev–Trinajstić information content (AvgIpc) is 2.92. The highest BCUT2D eigenvalue weighted by atomic mass is 35.5. The van der Waals surface area contributed by atoms with Crippen molar-refractivity contribution in [1.82, 2.24) is 5.32 Å². The van der Waals surface area contributed by atoms with Crippen LogP contribution < -0.4 is 16.0 Å². The largest absolute Gasteiger partial charge is 0.381 e. The zero-order chi connectivity index (χ0) is 23.5.